The van der Waals surface area contributed by atoms with E-state index in [1.54, 1.807) is 48.8 Å². The van der Waals surface area contributed by atoms with Gasteiger partial charge in [-0.15, -0.1) is 0 Å². The molecule has 0 bridgehead atoms. The first-order chi connectivity index (χ1) is 7.77. The molecule has 0 aliphatic carbocycles. The monoisotopic (exact) mass is 214 g/mol. The molecule has 1 heterocycles. The van der Waals surface area contributed by atoms with Gasteiger partial charge in [-0.05, 0) is 24.3 Å². The van der Waals surface area contributed by atoms with Crippen molar-refractivity contribution in [3.05, 3.63) is 54.4 Å². The molecule has 0 saturated carbocycles. The number of hydrogen-bond acceptors (Lipinski definition) is 3. The van der Waals surface area contributed by atoms with Gasteiger partial charge in [0.15, 0.2) is 0 Å². The Morgan fingerprint density at radius 2 is 1.81 bits per heavy atom. The second-order valence-electron chi connectivity index (χ2n) is 3.21. The quantitative estimate of drug-likeness (QED) is 0.824. The van der Waals surface area contributed by atoms with Gasteiger partial charge in [0.2, 0.25) is 0 Å². The molecule has 0 radical (unpaired) electrons. The minimum absolute atomic E-state index is 0.249. The predicted octanol–water partition coefficient (Wildman–Crippen LogP) is 2.52. The standard InChI is InChI=1S/C12H10N2O2/c15-12(16)10-3-1-2-4-11(10)14-9-5-7-13-8-6-9/h1-8H,(H,13,14)(H,15,16). The Morgan fingerprint density at radius 1 is 1.12 bits per heavy atom. The largest absolute Gasteiger partial charge is 0.478 e. The summed E-state index contributed by atoms with van der Waals surface area (Å²) in [6, 6.07) is 10.3. The van der Waals surface area contributed by atoms with Gasteiger partial charge in [-0.25, -0.2) is 4.79 Å². The number of pyridine rings is 1. The number of hydrogen-bond donors (Lipinski definition) is 2. The van der Waals surface area contributed by atoms with E-state index in [9.17, 15) is 4.79 Å². The number of nitrogens with one attached hydrogen (secondary N) is 1. The number of nitrogens with zero attached hydrogens (tertiary/aromatic N) is 1. The Hall–Kier alpha value is -2.36. The summed E-state index contributed by atoms with van der Waals surface area (Å²) in [4.78, 5) is 14.8. The van der Waals surface area contributed by atoms with Gasteiger partial charge >= 0.3 is 5.97 Å². The molecule has 0 amide bonds. The maximum absolute atomic E-state index is 11.0. The molecular weight excluding hydrogens is 204 g/mol. The Labute approximate surface area is 92.6 Å². The Kier molecular flexibility index (Phi) is 2.82. The summed E-state index contributed by atoms with van der Waals surface area (Å²) in [5.74, 6) is -0.947. The zero-order valence-corrected chi connectivity index (χ0v) is 8.42. The minimum atomic E-state index is -0.947. The first-order valence-electron chi connectivity index (χ1n) is 4.77. The summed E-state index contributed by atoms with van der Waals surface area (Å²) in [6.07, 6.45) is 3.29. The fraction of sp³-hybridized carbons (Fsp3) is 0. The maximum Gasteiger partial charge on any atom is 0.337 e. The molecule has 16 heavy (non-hydrogen) atoms. The van der Waals surface area contributed by atoms with Crippen LogP contribution in [-0.4, -0.2) is 16.1 Å². The van der Waals surface area contributed by atoms with Crippen molar-refractivity contribution in [3.63, 3.8) is 0 Å². The van der Waals surface area contributed by atoms with Gasteiger partial charge in [0, 0.05) is 18.1 Å². The number of rotatable bonds is 3. The SMILES string of the molecule is O=C(O)c1ccccc1Nc1ccncc1. The highest BCUT2D eigenvalue weighted by Crippen LogP contribution is 2.19. The third-order valence-corrected chi connectivity index (χ3v) is 2.12. The highest BCUT2D eigenvalue weighted by Gasteiger charge is 2.08. The number of carboxylic acids is 1. The highest BCUT2D eigenvalue weighted by molar-refractivity contribution is 5.95. The van der Waals surface area contributed by atoms with Crippen molar-refractivity contribution in [2.24, 2.45) is 0 Å². The fourth-order valence-corrected chi connectivity index (χ4v) is 1.37. The van der Waals surface area contributed by atoms with Crippen LogP contribution in [0.25, 0.3) is 0 Å². The van der Waals surface area contributed by atoms with Crippen molar-refractivity contribution in [1.82, 2.24) is 4.98 Å². The number of aromatic carboxylic acids is 1. The average Bonchev–Trinajstić information content (AvgIpc) is 2.31. The molecule has 2 aromatic rings. The number of benzene rings is 1. The summed E-state index contributed by atoms with van der Waals surface area (Å²) >= 11 is 0. The van der Waals surface area contributed by atoms with E-state index < -0.39 is 5.97 Å². The normalized spacial score (nSPS) is 9.75. The zero-order valence-electron chi connectivity index (χ0n) is 8.42. The van der Waals surface area contributed by atoms with Crippen LogP contribution in [0.3, 0.4) is 0 Å². The Morgan fingerprint density at radius 3 is 2.50 bits per heavy atom. The van der Waals surface area contributed by atoms with Crippen molar-refractivity contribution >= 4 is 17.3 Å². The number of carbonyl (C=O) groups is 1. The lowest BCUT2D eigenvalue weighted by Gasteiger charge is -2.08. The van der Waals surface area contributed by atoms with Gasteiger partial charge < -0.3 is 10.4 Å². The van der Waals surface area contributed by atoms with Gasteiger partial charge in [-0.2, -0.15) is 0 Å². The predicted molar refractivity (Wildman–Crippen MR) is 60.9 cm³/mol. The topological polar surface area (TPSA) is 62.2 Å². The zero-order chi connectivity index (χ0) is 11.4. The van der Waals surface area contributed by atoms with E-state index in [4.69, 9.17) is 5.11 Å². The van der Waals surface area contributed by atoms with Crippen molar-refractivity contribution in [1.29, 1.82) is 0 Å². The second-order valence-corrected chi connectivity index (χ2v) is 3.21. The number of anilines is 2. The van der Waals surface area contributed by atoms with Gasteiger partial charge in [-0.1, -0.05) is 12.1 Å². The van der Waals surface area contributed by atoms with E-state index in [-0.39, 0.29) is 5.56 Å². The van der Waals surface area contributed by atoms with E-state index in [0.717, 1.165) is 5.69 Å². The molecule has 0 saturated heterocycles. The van der Waals surface area contributed by atoms with Gasteiger partial charge in [0.1, 0.15) is 0 Å². The number of carboxylic acid groups (broad SMARTS) is 1. The summed E-state index contributed by atoms with van der Waals surface area (Å²) in [5.41, 5.74) is 1.63. The second kappa shape index (κ2) is 4.44. The highest BCUT2D eigenvalue weighted by atomic mass is 16.4. The van der Waals surface area contributed by atoms with Crippen molar-refractivity contribution in [2.75, 3.05) is 5.32 Å². The molecule has 1 aromatic heterocycles. The molecule has 1 aromatic carbocycles. The first kappa shape index (κ1) is 10.2. The number of aromatic nitrogens is 1. The molecule has 2 rings (SSSR count). The van der Waals surface area contributed by atoms with Crippen molar-refractivity contribution in [3.8, 4) is 0 Å². The maximum atomic E-state index is 11.0. The van der Waals surface area contributed by atoms with E-state index >= 15 is 0 Å². The van der Waals surface area contributed by atoms with E-state index in [1.807, 2.05) is 0 Å². The summed E-state index contributed by atoms with van der Waals surface area (Å²) in [7, 11) is 0. The molecule has 4 nitrogen and oxygen atoms in total. The summed E-state index contributed by atoms with van der Waals surface area (Å²) < 4.78 is 0. The lowest BCUT2D eigenvalue weighted by molar-refractivity contribution is 0.0698. The van der Waals surface area contributed by atoms with Crippen LogP contribution in [0.5, 0.6) is 0 Å². The Bertz CT molecular complexity index is 497. The van der Waals surface area contributed by atoms with Gasteiger partial charge in [-0.3, -0.25) is 4.98 Å². The van der Waals surface area contributed by atoms with Crippen LogP contribution in [0.4, 0.5) is 11.4 Å². The van der Waals surface area contributed by atoms with Gasteiger partial charge in [0.25, 0.3) is 0 Å². The van der Waals surface area contributed by atoms with E-state index in [2.05, 4.69) is 10.3 Å². The lowest BCUT2D eigenvalue weighted by atomic mass is 10.2. The molecule has 0 atom stereocenters. The molecule has 0 aliphatic rings. The first-order valence-corrected chi connectivity index (χ1v) is 4.77. The van der Waals surface area contributed by atoms with Crippen LogP contribution in [0.15, 0.2) is 48.8 Å². The molecule has 4 heteroatoms. The van der Waals surface area contributed by atoms with Crippen LogP contribution in [-0.2, 0) is 0 Å². The van der Waals surface area contributed by atoms with Crippen LogP contribution < -0.4 is 5.32 Å². The smallest absolute Gasteiger partial charge is 0.337 e. The Balaban J connectivity index is 2.31. The molecule has 0 aliphatic heterocycles. The van der Waals surface area contributed by atoms with E-state index in [1.165, 1.54) is 0 Å². The molecule has 2 N–H and O–H groups in total. The van der Waals surface area contributed by atoms with Crippen LogP contribution in [0, 0.1) is 0 Å². The molecule has 0 unspecified atom stereocenters. The third-order valence-electron chi connectivity index (χ3n) is 2.12. The number of para-hydroxylation sites is 1. The lowest BCUT2D eigenvalue weighted by Crippen LogP contribution is -2.02. The van der Waals surface area contributed by atoms with E-state index in [0.29, 0.717) is 5.69 Å². The summed E-state index contributed by atoms with van der Waals surface area (Å²) in [5, 5.41) is 12.0. The van der Waals surface area contributed by atoms with Crippen LogP contribution in [0.2, 0.25) is 0 Å². The average molecular weight is 214 g/mol. The van der Waals surface area contributed by atoms with Crippen molar-refractivity contribution in [2.45, 2.75) is 0 Å². The summed E-state index contributed by atoms with van der Waals surface area (Å²) in [6.45, 7) is 0. The fourth-order valence-electron chi connectivity index (χ4n) is 1.37. The van der Waals surface area contributed by atoms with Gasteiger partial charge in [0.05, 0.1) is 11.3 Å². The van der Waals surface area contributed by atoms with Crippen molar-refractivity contribution < 1.29 is 9.90 Å². The minimum Gasteiger partial charge on any atom is -0.478 e. The molecule has 0 fully saturated rings. The third kappa shape index (κ3) is 2.17. The molecule has 80 valence electrons. The van der Waals surface area contributed by atoms with Crippen LogP contribution >= 0.6 is 0 Å². The van der Waals surface area contributed by atoms with Crippen LogP contribution in [0.1, 0.15) is 10.4 Å². The molecular formula is C12H10N2O2. The molecule has 0 spiro atoms.